The summed E-state index contributed by atoms with van der Waals surface area (Å²) < 4.78 is 112. The lowest BCUT2D eigenvalue weighted by molar-refractivity contribution is -0.154. The molecule has 1 saturated heterocycles. The van der Waals surface area contributed by atoms with Crippen molar-refractivity contribution in [3.05, 3.63) is 77.6 Å². The zero-order valence-electron chi connectivity index (χ0n) is 24.7. The van der Waals surface area contributed by atoms with E-state index in [0.717, 1.165) is 23.2 Å². The Morgan fingerprint density at radius 2 is 1.63 bits per heavy atom. The third kappa shape index (κ3) is 7.85. The van der Waals surface area contributed by atoms with E-state index in [9.17, 15) is 35.1 Å². The van der Waals surface area contributed by atoms with Crippen molar-refractivity contribution in [2.75, 3.05) is 44.0 Å². The molecule has 46 heavy (non-hydrogen) atoms. The van der Waals surface area contributed by atoms with Crippen LogP contribution in [0.3, 0.4) is 0 Å². The number of aromatic nitrogens is 3. The Hall–Kier alpha value is -4.02. The molecule has 1 atom stereocenters. The maximum Gasteiger partial charge on any atom is 0.422 e. The van der Waals surface area contributed by atoms with Gasteiger partial charge < -0.3 is 19.5 Å². The summed E-state index contributed by atoms with van der Waals surface area (Å²) in [5.74, 6) is -0.247. The fraction of sp³-hybridized carbons (Fsp3) is 0.367. The average Bonchev–Trinajstić information content (AvgIpc) is 2.99. The first-order chi connectivity index (χ1) is 21.6. The lowest BCUT2D eigenvalue weighted by Gasteiger charge is -2.34. The van der Waals surface area contributed by atoms with Crippen molar-refractivity contribution in [2.45, 2.75) is 42.6 Å². The largest absolute Gasteiger partial charge is 0.593 e. The highest BCUT2D eigenvalue weighted by molar-refractivity contribution is 7.95. The van der Waals surface area contributed by atoms with Gasteiger partial charge in [-0.25, -0.2) is 0 Å². The maximum atomic E-state index is 13.7. The summed E-state index contributed by atoms with van der Waals surface area (Å²) in [6.45, 7) is -1.40. The molecule has 0 radical (unpaired) electrons. The minimum Gasteiger partial charge on any atom is -0.593 e. The first-order valence-corrected chi connectivity index (χ1v) is 15.6. The summed E-state index contributed by atoms with van der Waals surface area (Å²) in [7, 11) is -0.122. The van der Waals surface area contributed by atoms with Crippen LogP contribution in [0.5, 0.6) is 6.01 Å². The second-order valence-corrected chi connectivity index (χ2v) is 12.9. The van der Waals surface area contributed by atoms with E-state index in [4.69, 9.17) is 4.74 Å². The zero-order valence-corrected chi connectivity index (χ0v) is 25.5. The molecule has 4 aromatic rings. The molecular formula is C30H30F6N6O3S. The predicted molar refractivity (Wildman–Crippen MR) is 159 cm³/mol. The Kier molecular flexibility index (Phi) is 9.42. The molecule has 1 fully saturated rings. The lowest BCUT2D eigenvalue weighted by atomic mass is 10.1. The summed E-state index contributed by atoms with van der Waals surface area (Å²) in [5, 5.41) is 4.40. The molecule has 246 valence electrons. The molecule has 0 amide bonds. The van der Waals surface area contributed by atoms with Crippen molar-refractivity contribution >= 4 is 32.8 Å². The molecule has 2 heterocycles. The predicted octanol–water partition coefficient (Wildman–Crippen LogP) is 6.12. The van der Waals surface area contributed by atoms with Gasteiger partial charge in [-0.3, -0.25) is 0 Å². The third-order valence-corrected chi connectivity index (χ3v) is 9.35. The van der Waals surface area contributed by atoms with Gasteiger partial charge in [0, 0.05) is 56.1 Å². The van der Waals surface area contributed by atoms with Crippen LogP contribution < -0.4 is 15.0 Å². The van der Waals surface area contributed by atoms with Crippen molar-refractivity contribution in [3.8, 4) is 6.01 Å². The number of benzene rings is 3. The van der Waals surface area contributed by atoms with Crippen LogP contribution in [0, 0.1) is 0 Å². The van der Waals surface area contributed by atoms with E-state index >= 15 is 0 Å². The van der Waals surface area contributed by atoms with E-state index in [0.29, 0.717) is 18.2 Å². The van der Waals surface area contributed by atoms with Crippen LogP contribution in [0.4, 0.5) is 38.0 Å². The Morgan fingerprint density at radius 1 is 0.957 bits per heavy atom. The van der Waals surface area contributed by atoms with E-state index in [1.807, 2.05) is 31.1 Å². The van der Waals surface area contributed by atoms with Crippen molar-refractivity contribution in [2.24, 2.45) is 0 Å². The topological polar surface area (TPSA) is 107 Å². The molecule has 0 spiro atoms. The number of ether oxygens (including phenoxy) is 1. The molecule has 0 bridgehead atoms. The quantitative estimate of drug-likeness (QED) is 0.168. The summed E-state index contributed by atoms with van der Waals surface area (Å²) in [6.07, 6.45) is -8.87. The zero-order chi connectivity index (χ0) is 33.3. The number of rotatable bonds is 9. The summed E-state index contributed by atoms with van der Waals surface area (Å²) in [5.41, 5.74) is 0.161. The van der Waals surface area contributed by atoms with Gasteiger partial charge >= 0.3 is 18.4 Å². The number of alkyl halides is 6. The number of hydrogen-bond donors (Lipinski definition) is 1. The molecule has 3 aromatic carbocycles. The van der Waals surface area contributed by atoms with E-state index < -0.39 is 40.9 Å². The number of halogens is 6. The van der Waals surface area contributed by atoms with Crippen molar-refractivity contribution in [1.29, 1.82) is 0 Å². The average molecular weight is 669 g/mol. The lowest BCUT2D eigenvalue weighted by Crippen LogP contribution is -2.45. The van der Waals surface area contributed by atoms with Gasteiger partial charge in [0.1, 0.15) is 5.82 Å². The van der Waals surface area contributed by atoms with Gasteiger partial charge in [-0.2, -0.15) is 41.3 Å². The van der Waals surface area contributed by atoms with Gasteiger partial charge in [-0.1, -0.05) is 40.6 Å². The van der Waals surface area contributed by atoms with Gasteiger partial charge in [0.25, 0.3) is 0 Å². The molecule has 1 aromatic heterocycles. The van der Waals surface area contributed by atoms with Crippen LogP contribution in [0.1, 0.15) is 29.8 Å². The van der Waals surface area contributed by atoms with Crippen LogP contribution in [-0.2, 0) is 27.2 Å². The maximum absolute atomic E-state index is 13.7. The fourth-order valence-corrected chi connectivity index (χ4v) is 6.91. The molecule has 16 heteroatoms. The number of hydrogen-bond acceptors (Lipinski definition) is 8. The van der Waals surface area contributed by atoms with Gasteiger partial charge in [-0.05, 0) is 42.7 Å². The van der Waals surface area contributed by atoms with Crippen LogP contribution in [0.2, 0.25) is 0 Å². The Bertz CT molecular complexity index is 1740. The van der Waals surface area contributed by atoms with Crippen LogP contribution >= 0.6 is 0 Å². The van der Waals surface area contributed by atoms with E-state index in [2.05, 4.69) is 20.3 Å². The fourth-order valence-electron chi connectivity index (χ4n) is 5.23. The highest BCUT2D eigenvalue weighted by Crippen LogP contribution is 2.35. The summed E-state index contributed by atoms with van der Waals surface area (Å²) in [6, 6.07) is 14.0. The molecule has 9 nitrogen and oxygen atoms in total. The second-order valence-electron chi connectivity index (χ2n) is 11.0. The molecule has 1 N–H and O–H groups in total. The summed E-state index contributed by atoms with van der Waals surface area (Å²) in [4.78, 5) is 14.1. The number of nitrogens with one attached hydrogen (secondary N) is 1. The monoisotopic (exact) mass is 668 g/mol. The van der Waals surface area contributed by atoms with Crippen LogP contribution in [0.15, 0.2) is 65.6 Å². The minimum atomic E-state index is -4.68. The van der Waals surface area contributed by atoms with Crippen molar-refractivity contribution in [3.63, 3.8) is 0 Å². The molecule has 1 unspecified atom stereocenters. The number of anilines is 2. The van der Waals surface area contributed by atoms with E-state index in [-0.39, 0.29) is 47.8 Å². The van der Waals surface area contributed by atoms with Crippen LogP contribution in [-0.4, -0.2) is 69.8 Å². The number of piperidine rings is 1. The molecule has 5 rings (SSSR count). The van der Waals surface area contributed by atoms with Gasteiger partial charge in [0.05, 0.1) is 5.56 Å². The molecule has 0 aliphatic carbocycles. The Labute approximate surface area is 262 Å². The highest BCUT2D eigenvalue weighted by atomic mass is 32.3. The minimum absolute atomic E-state index is 0.109. The van der Waals surface area contributed by atoms with E-state index in [1.54, 1.807) is 24.3 Å². The highest BCUT2D eigenvalue weighted by Gasteiger charge is 2.36. The summed E-state index contributed by atoms with van der Waals surface area (Å²) >= 11 is 0. The number of nitrogens with zero attached hydrogens (tertiary/aromatic N) is 5. The second kappa shape index (κ2) is 13.0. The molecule has 1 aliphatic rings. The first kappa shape index (κ1) is 33.3. The van der Waals surface area contributed by atoms with Gasteiger partial charge in [0.15, 0.2) is 21.9 Å². The van der Waals surface area contributed by atoms with Gasteiger partial charge in [-0.15, -0.1) is 4.31 Å². The standard InChI is InChI=1S/C30H30F6N6O3S/c1-41(2)24-10-4-9-23-22(24)8-5-11-25(23)46(43,44)42-14-12-21(13-15-42)37-27-38-26(39-28(40-27)45-18-29(31,32)33)17-19-6-3-7-20(16-19)30(34,35)36/h3-11,16,21H,12-15,17-18H2,1-2H3,(H-,37,38,39,40,43,44). The van der Waals surface area contributed by atoms with E-state index in [1.165, 1.54) is 16.4 Å². The van der Waals surface area contributed by atoms with Crippen molar-refractivity contribution < 1.29 is 39.8 Å². The molecule has 1 aliphatic heterocycles. The van der Waals surface area contributed by atoms with Gasteiger partial charge in [0.2, 0.25) is 5.95 Å². The first-order valence-electron chi connectivity index (χ1n) is 14.2. The SMILES string of the molecule is CN(C)c1cccc2c([S+](=O)([O-])N3CCC(Nc4nc(Cc5cccc(C(F)(F)F)c5)nc(OCC(F)(F)F)n4)CC3)cccc12. The Morgan fingerprint density at radius 3 is 2.30 bits per heavy atom. The number of fused-ring (bicyclic) bond motifs is 1. The smallest absolute Gasteiger partial charge is 0.422 e. The number of sulfonamides is 1. The third-order valence-electron chi connectivity index (χ3n) is 7.39. The van der Waals surface area contributed by atoms with Crippen LogP contribution in [0.25, 0.3) is 10.8 Å². The molecule has 0 saturated carbocycles. The molecular weight excluding hydrogens is 638 g/mol. The van der Waals surface area contributed by atoms with Crippen molar-refractivity contribution in [1.82, 2.24) is 19.3 Å². The normalized spacial score (nSPS) is 16.3. The Balaban J connectivity index is 1.33.